The van der Waals surface area contributed by atoms with Gasteiger partial charge in [-0.3, -0.25) is 25.0 Å². The van der Waals surface area contributed by atoms with E-state index in [9.17, 15) is 14.4 Å². The van der Waals surface area contributed by atoms with Crippen molar-refractivity contribution >= 4 is 35.3 Å². The smallest absolute Gasteiger partial charge is 0.248 e. The number of hydrogen-bond donors (Lipinski definition) is 3. The molecule has 2 rings (SSSR count). The van der Waals surface area contributed by atoms with E-state index in [1.54, 1.807) is 24.3 Å². The second-order valence-electron chi connectivity index (χ2n) is 4.77. The summed E-state index contributed by atoms with van der Waals surface area (Å²) in [6.45, 7) is 1.38. The highest BCUT2D eigenvalue weighted by molar-refractivity contribution is 6.30. The fourth-order valence-corrected chi connectivity index (χ4v) is 2.12. The zero-order valence-electron chi connectivity index (χ0n) is 11.9. The Kier molecular flexibility index (Phi) is 5.11. The number of rotatable bonds is 4. The van der Waals surface area contributed by atoms with Gasteiger partial charge >= 0.3 is 0 Å². The first-order chi connectivity index (χ1) is 10.4. The molecule has 1 heterocycles. The van der Waals surface area contributed by atoms with Gasteiger partial charge in [-0.05, 0) is 17.7 Å². The number of nitrogens with one attached hydrogen (secondary N) is 3. The molecule has 7 nitrogen and oxygen atoms in total. The van der Waals surface area contributed by atoms with Crippen molar-refractivity contribution < 1.29 is 14.4 Å². The maximum Gasteiger partial charge on any atom is 0.248 e. The molecule has 0 spiro atoms. The van der Waals surface area contributed by atoms with Gasteiger partial charge in [-0.1, -0.05) is 23.7 Å². The van der Waals surface area contributed by atoms with Crippen LogP contribution in [-0.4, -0.2) is 30.2 Å². The van der Waals surface area contributed by atoms with Crippen LogP contribution >= 0.6 is 11.6 Å². The number of hydrogen-bond acceptors (Lipinski definition) is 4. The minimum Gasteiger partial charge on any atom is -0.349 e. The van der Waals surface area contributed by atoms with Crippen molar-refractivity contribution in [3.63, 3.8) is 0 Å². The summed E-state index contributed by atoms with van der Waals surface area (Å²) in [5, 5.41) is 8.19. The predicted octanol–water partition coefficient (Wildman–Crippen LogP) is 0.509. The van der Waals surface area contributed by atoms with Gasteiger partial charge in [-0.15, -0.1) is 0 Å². The van der Waals surface area contributed by atoms with Crippen molar-refractivity contribution in [3.8, 4) is 0 Å². The fourth-order valence-electron chi connectivity index (χ4n) is 1.99. The molecule has 3 N–H and O–H groups in total. The summed E-state index contributed by atoms with van der Waals surface area (Å²) in [5.74, 6) is -0.756. The van der Waals surface area contributed by atoms with Gasteiger partial charge in [0, 0.05) is 11.9 Å². The lowest BCUT2D eigenvalue weighted by Gasteiger charge is -2.18. The number of aliphatic imine (C=N–C) groups is 1. The van der Waals surface area contributed by atoms with Crippen LogP contribution in [0.25, 0.3) is 0 Å². The third-order valence-electron chi connectivity index (χ3n) is 2.94. The SMILES string of the molecule is CC(=O)NC(CC(=O)NC1=NCC(=O)N1)c1ccc(Cl)cc1. The molecule has 3 amide bonds. The molecule has 0 fully saturated rings. The van der Waals surface area contributed by atoms with E-state index in [1.165, 1.54) is 6.92 Å². The van der Waals surface area contributed by atoms with Crippen molar-refractivity contribution in [1.29, 1.82) is 0 Å². The van der Waals surface area contributed by atoms with E-state index in [0.29, 0.717) is 5.02 Å². The number of carbonyl (C=O) groups excluding carboxylic acids is 3. The standard InChI is InChI=1S/C14H15ClN4O3/c1-8(20)17-11(9-2-4-10(15)5-3-9)6-12(21)18-14-16-7-13(22)19-14/h2-5,11H,6-7H2,1H3,(H,17,20)(H2,16,18,19,21,22). The molecule has 1 unspecified atom stereocenters. The van der Waals surface area contributed by atoms with Crippen LogP contribution < -0.4 is 16.0 Å². The van der Waals surface area contributed by atoms with Gasteiger partial charge in [0.25, 0.3) is 0 Å². The Morgan fingerprint density at radius 3 is 2.59 bits per heavy atom. The average molecular weight is 323 g/mol. The highest BCUT2D eigenvalue weighted by atomic mass is 35.5. The van der Waals surface area contributed by atoms with Gasteiger partial charge in [-0.25, -0.2) is 4.99 Å². The molecule has 1 aliphatic rings. The van der Waals surface area contributed by atoms with Crippen molar-refractivity contribution in [2.75, 3.05) is 6.54 Å². The quantitative estimate of drug-likeness (QED) is 0.753. The summed E-state index contributed by atoms with van der Waals surface area (Å²) in [6.07, 6.45) is 0.0100. The second-order valence-corrected chi connectivity index (χ2v) is 5.21. The summed E-state index contributed by atoms with van der Waals surface area (Å²) in [7, 11) is 0. The first kappa shape index (κ1) is 16.0. The molecule has 116 valence electrons. The van der Waals surface area contributed by atoms with Crippen LogP contribution in [0.4, 0.5) is 0 Å². The minimum absolute atomic E-state index is 0.00191. The van der Waals surface area contributed by atoms with Crippen molar-refractivity contribution in [2.45, 2.75) is 19.4 Å². The maximum atomic E-state index is 12.0. The first-order valence-electron chi connectivity index (χ1n) is 6.61. The van der Waals surface area contributed by atoms with E-state index < -0.39 is 6.04 Å². The molecule has 0 saturated carbocycles. The molecule has 1 aromatic carbocycles. The summed E-state index contributed by atoms with van der Waals surface area (Å²) in [6, 6.07) is 6.36. The zero-order valence-corrected chi connectivity index (χ0v) is 12.6. The van der Waals surface area contributed by atoms with Crippen LogP contribution in [-0.2, 0) is 14.4 Å². The maximum absolute atomic E-state index is 12.0. The van der Waals surface area contributed by atoms with Crippen LogP contribution in [0.3, 0.4) is 0 Å². The number of halogens is 1. The lowest BCUT2D eigenvalue weighted by Crippen LogP contribution is -2.41. The second kappa shape index (κ2) is 7.04. The van der Waals surface area contributed by atoms with E-state index in [4.69, 9.17) is 11.6 Å². The molecule has 22 heavy (non-hydrogen) atoms. The Hall–Kier alpha value is -2.41. The zero-order chi connectivity index (χ0) is 16.1. The molecule has 1 aromatic rings. The summed E-state index contributed by atoms with van der Waals surface area (Å²) < 4.78 is 0. The molecule has 1 atom stereocenters. The topological polar surface area (TPSA) is 99.7 Å². The van der Waals surface area contributed by atoms with E-state index in [0.717, 1.165) is 5.56 Å². The molecule has 0 aliphatic carbocycles. The molecular formula is C14H15ClN4O3. The highest BCUT2D eigenvalue weighted by Crippen LogP contribution is 2.19. The third kappa shape index (κ3) is 4.56. The highest BCUT2D eigenvalue weighted by Gasteiger charge is 2.20. The molecular weight excluding hydrogens is 308 g/mol. The van der Waals surface area contributed by atoms with E-state index in [2.05, 4.69) is 20.9 Å². The Morgan fingerprint density at radius 1 is 1.36 bits per heavy atom. The van der Waals surface area contributed by atoms with Gasteiger partial charge < -0.3 is 5.32 Å². The monoisotopic (exact) mass is 322 g/mol. The van der Waals surface area contributed by atoms with Crippen LogP contribution in [0.5, 0.6) is 0 Å². The van der Waals surface area contributed by atoms with E-state index in [-0.39, 0.29) is 36.6 Å². The van der Waals surface area contributed by atoms with Crippen molar-refractivity contribution in [3.05, 3.63) is 34.9 Å². The van der Waals surface area contributed by atoms with Crippen LogP contribution in [0.15, 0.2) is 29.3 Å². The molecule has 0 bridgehead atoms. The van der Waals surface area contributed by atoms with Gasteiger partial charge in [0.05, 0.1) is 12.5 Å². The van der Waals surface area contributed by atoms with Crippen molar-refractivity contribution in [1.82, 2.24) is 16.0 Å². The Morgan fingerprint density at radius 2 is 2.05 bits per heavy atom. The van der Waals surface area contributed by atoms with Crippen molar-refractivity contribution in [2.24, 2.45) is 4.99 Å². The number of guanidine groups is 1. The summed E-state index contributed by atoms with van der Waals surface area (Å²) in [5.41, 5.74) is 0.757. The largest absolute Gasteiger partial charge is 0.349 e. The molecule has 0 aromatic heterocycles. The lowest BCUT2D eigenvalue weighted by molar-refractivity contribution is -0.121. The molecule has 0 saturated heterocycles. The minimum atomic E-state index is -0.493. The normalized spacial score (nSPS) is 14.8. The van der Waals surface area contributed by atoms with Gasteiger partial charge in [0.1, 0.15) is 6.54 Å². The Balaban J connectivity index is 2.03. The van der Waals surface area contributed by atoms with E-state index in [1.807, 2.05) is 0 Å². The molecule has 0 radical (unpaired) electrons. The number of nitrogens with zero attached hydrogens (tertiary/aromatic N) is 1. The van der Waals surface area contributed by atoms with Gasteiger partial charge in [0.2, 0.25) is 23.7 Å². The van der Waals surface area contributed by atoms with Gasteiger partial charge in [0.15, 0.2) is 0 Å². The van der Waals surface area contributed by atoms with Crippen LogP contribution in [0, 0.1) is 0 Å². The number of carbonyl (C=O) groups is 3. The Labute approximate surface area is 132 Å². The summed E-state index contributed by atoms with van der Waals surface area (Å²) >= 11 is 5.83. The lowest BCUT2D eigenvalue weighted by atomic mass is 10.0. The predicted molar refractivity (Wildman–Crippen MR) is 81.2 cm³/mol. The summed E-state index contributed by atoms with van der Waals surface area (Å²) in [4.78, 5) is 38.2. The molecule has 1 aliphatic heterocycles. The molecule has 8 heteroatoms. The van der Waals surface area contributed by atoms with Crippen LogP contribution in [0.2, 0.25) is 5.02 Å². The van der Waals surface area contributed by atoms with Gasteiger partial charge in [-0.2, -0.15) is 0 Å². The fraction of sp³-hybridized carbons (Fsp3) is 0.286. The number of benzene rings is 1. The third-order valence-corrected chi connectivity index (χ3v) is 3.19. The average Bonchev–Trinajstić information content (AvgIpc) is 2.83. The van der Waals surface area contributed by atoms with E-state index >= 15 is 0 Å². The number of amides is 3. The van der Waals surface area contributed by atoms with Crippen LogP contribution in [0.1, 0.15) is 24.9 Å². The Bertz CT molecular complexity index is 627. The first-order valence-corrected chi connectivity index (χ1v) is 6.98.